The minimum atomic E-state index is 0.121. The van der Waals surface area contributed by atoms with Crippen LogP contribution < -0.4 is 5.73 Å². The van der Waals surface area contributed by atoms with Crippen molar-refractivity contribution in [1.29, 1.82) is 0 Å². The Kier molecular flexibility index (Phi) is 5.39. The molecule has 3 atom stereocenters. The Hall–Kier alpha value is -0.420. The van der Waals surface area contributed by atoms with Crippen LogP contribution in [-0.4, -0.2) is 35.7 Å². The summed E-state index contributed by atoms with van der Waals surface area (Å²) < 4.78 is 1.12. The molecule has 0 amide bonds. The summed E-state index contributed by atoms with van der Waals surface area (Å²) >= 11 is 3.64. The number of hydrogen-bond donors (Lipinski definition) is 2. The Morgan fingerprint density at radius 1 is 1.47 bits per heavy atom. The van der Waals surface area contributed by atoms with Crippen LogP contribution in [0, 0.1) is 5.92 Å². The summed E-state index contributed by atoms with van der Waals surface area (Å²) in [5, 5.41) is 9.32. The molecule has 106 valence electrons. The molecule has 1 aliphatic rings. The lowest BCUT2D eigenvalue weighted by atomic mass is 9.96. The first-order chi connectivity index (χ1) is 9.17. The van der Waals surface area contributed by atoms with E-state index in [0.717, 1.165) is 30.4 Å². The highest BCUT2D eigenvalue weighted by Crippen LogP contribution is 2.34. The zero-order valence-electron chi connectivity index (χ0n) is 11.4. The van der Waals surface area contributed by atoms with Gasteiger partial charge in [0.05, 0.1) is 6.04 Å². The molecule has 0 saturated carbocycles. The summed E-state index contributed by atoms with van der Waals surface area (Å²) in [5.74, 6) is 0.397. The summed E-state index contributed by atoms with van der Waals surface area (Å²) in [6, 6.07) is 8.67. The minimum Gasteiger partial charge on any atom is -0.396 e. The van der Waals surface area contributed by atoms with Crippen LogP contribution >= 0.6 is 15.9 Å². The number of likely N-dealkylation sites (tertiary alicyclic amines) is 1. The maximum atomic E-state index is 9.32. The Morgan fingerprint density at radius 2 is 2.21 bits per heavy atom. The molecular formula is C15H23BrN2O. The van der Waals surface area contributed by atoms with Gasteiger partial charge in [0.15, 0.2) is 0 Å². The van der Waals surface area contributed by atoms with Crippen LogP contribution in [-0.2, 0) is 0 Å². The van der Waals surface area contributed by atoms with E-state index in [1.54, 1.807) is 0 Å². The molecule has 1 aromatic carbocycles. The standard InChI is InChI=1S/C15H23BrN2O/c1-2-14(17)15(12-5-3-4-6-13(12)16)18-8-7-11(9-18)10-19/h3-6,11,14-15,19H,2,7-10,17H2,1H3. The lowest BCUT2D eigenvalue weighted by molar-refractivity contribution is 0.179. The number of nitrogens with two attached hydrogens (primary N) is 1. The van der Waals surface area contributed by atoms with Crippen LogP contribution in [0.25, 0.3) is 0 Å². The van der Waals surface area contributed by atoms with Crippen LogP contribution in [0.1, 0.15) is 31.4 Å². The fraction of sp³-hybridized carbons (Fsp3) is 0.600. The smallest absolute Gasteiger partial charge is 0.0510 e. The third-order valence-corrected chi connectivity index (χ3v) is 4.79. The van der Waals surface area contributed by atoms with Crippen molar-refractivity contribution in [3.05, 3.63) is 34.3 Å². The fourth-order valence-electron chi connectivity index (χ4n) is 2.90. The predicted octanol–water partition coefficient (Wildman–Crippen LogP) is 2.54. The molecule has 2 rings (SSSR count). The van der Waals surface area contributed by atoms with Gasteiger partial charge in [-0.15, -0.1) is 0 Å². The van der Waals surface area contributed by atoms with E-state index in [9.17, 15) is 5.11 Å². The van der Waals surface area contributed by atoms with Crippen molar-refractivity contribution in [3.8, 4) is 0 Å². The zero-order valence-corrected chi connectivity index (χ0v) is 13.0. The zero-order chi connectivity index (χ0) is 13.8. The lowest BCUT2D eigenvalue weighted by Gasteiger charge is -2.33. The Balaban J connectivity index is 2.25. The number of aliphatic hydroxyl groups is 1. The molecule has 0 aromatic heterocycles. The van der Waals surface area contributed by atoms with Gasteiger partial charge in [-0.1, -0.05) is 41.1 Å². The van der Waals surface area contributed by atoms with Gasteiger partial charge in [-0.3, -0.25) is 4.90 Å². The molecular weight excluding hydrogens is 304 g/mol. The highest BCUT2D eigenvalue weighted by atomic mass is 79.9. The first-order valence-corrected chi connectivity index (χ1v) is 7.81. The van der Waals surface area contributed by atoms with Crippen molar-refractivity contribution in [2.24, 2.45) is 11.7 Å². The summed E-state index contributed by atoms with van der Waals surface area (Å²) in [5.41, 5.74) is 7.62. The van der Waals surface area contributed by atoms with Crippen molar-refractivity contribution in [3.63, 3.8) is 0 Å². The quantitative estimate of drug-likeness (QED) is 0.874. The Morgan fingerprint density at radius 3 is 2.79 bits per heavy atom. The van der Waals surface area contributed by atoms with Crippen LogP contribution in [0.4, 0.5) is 0 Å². The number of aliphatic hydroxyl groups excluding tert-OH is 1. The molecule has 4 heteroatoms. The van der Waals surface area contributed by atoms with Gasteiger partial charge in [0.25, 0.3) is 0 Å². The maximum Gasteiger partial charge on any atom is 0.0510 e. The molecule has 0 spiro atoms. The van der Waals surface area contributed by atoms with Crippen molar-refractivity contribution >= 4 is 15.9 Å². The lowest BCUT2D eigenvalue weighted by Crippen LogP contribution is -2.40. The number of rotatable bonds is 5. The molecule has 3 N–H and O–H groups in total. The summed E-state index contributed by atoms with van der Waals surface area (Å²) in [7, 11) is 0. The molecule has 0 bridgehead atoms. The monoisotopic (exact) mass is 326 g/mol. The second-order valence-corrected chi connectivity index (χ2v) is 6.23. The van der Waals surface area contributed by atoms with Crippen molar-refractivity contribution in [2.45, 2.75) is 31.8 Å². The van der Waals surface area contributed by atoms with Gasteiger partial charge < -0.3 is 10.8 Å². The second-order valence-electron chi connectivity index (χ2n) is 5.37. The molecule has 1 saturated heterocycles. The molecule has 3 unspecified atom stereocenters. The van der Waals surface area contributed by atoms with Crippen LogP contribution in [0.3, 0.4) is 0 Å². The number of halogens is 1. The van der Waals surface area contributed by atoms with Crippen molar-refractivity contribution < 1.29 is 5.11 Å². The largest absolute Gasteiger partial charge is 0.396 e. The highest BCUT2D eigenvalue weighted by Gasteiger charge is 2.32. The van der Waals surface area contributed by atoms with E-state index in [2.05, 4.69) is 46.0 Å². The minimum absolute atomic E-state index is 0.121. The van der Waals surface area contributed by atoms with Gasteiger partial charge in [0.1, 0.15) is 0 Å². The maximum absolute atomic E-state index is 9.32. The molecule has 1 aliphatic heterocycles. The number of nitrogens with zero attached hydrogens (tertiary/aromatic N) is 1. The van der Waals surface area contributed by atoms with Crippen LogP contribution in [0.5, 0.6) is 0 Å². The van der Waals surface area contributed by atoms with E-state index in [4.69, 9.17) is 5.73 Å². The van der Waals surface area contributed by atoms with Crippen LogP contribution in [0.2, 0.25) is 0 Å². The van der Waals surface area contributed by atoms with Gasteiger partial charge in [-0.2, -0.15) is 0 Å². The van der Waals surface area contributed by atoms with Gasteiger partial charge in [0, 0.05) is 23.7 Å². The van der Waals surface area contributed by atoms with Crippen molar-refractivity contribution in [2.75, 3.05) is 19.7 Å². The summed E-state index contributed by atoms with van der Waals surface area (Å²) in [6.45, 7) is 4.37. The number of hydrogen-bond acceptors (Lipinski definition) is 3. The van der Waals surface area contributed by atoms with Gasteiger partial charge >= 0.3 is 0 Å². The third-order valence-electron chi connectivity index (χ3n) is 4.07. The van der Waals surface area contributed by atoms with E-state index in [-0.39, 0.29) is 18.7 Å². The molecule has 1 heterocycles. The van der Waals surface area contributed by atoms with E-state index < -0.39 is 0 Å². The topological polar surface area (TPSA) is 49.5 Å². The van der Waals surface area contributed by atoms with E-state index >= 15 is 0 Å². The average molecular weight is 327 g/mol. The molecule has 3 nitrogen and oxygen atoms in total. The average Bonchev–Trinajstić information content (AvgIpc) is 2.89. The van der Waals surface area contributed by atoms with Gasteiger partial charge in [0.2, 0.25) is 0 Å². The Labute approximate surface area is 123 Å². The van der Waals surface area contributed by atoms with Crippen LogP contribution in [0.15, 0.2) is 28.7 Å². The van der Waals surface area contributed by atoms with E-state index in [1.165, 1.54) is 5.56 Å². The van der Waals surface area contributed by atoms with E-state index in [0.29, 0.717) is 5.92 Å². The molecule has 19 heavy (non-hydrogen) atoms. The SMILES string of the molecule is CCC(N)C(c1ccccc1Br)N1CCC(CO)C1. The first kappa shape index (κ1) is 15.0. The normalized spacial score (nSPS) is 23.5. The van der Waals surface area contributed by atoms with Gasteiger partial charge in [-0.05, 0) is 36.9 Å². The molecule has 1 aromatic rings. The molecule has 0 radical (unpaired) electrons. The number of benzene rings is 1. The second kappa shape index (κ2) is 6.84. The Bertz CT molecular complexity index is 413. The molecule has 0 aliphatic carbocycles. The fourth-order valence-corrected chi connectivity index (χ4v) is 3.42. The molecule has 1 fully saturated rings. The van der Waals surface area contributed by atoms with Gasteiger partial charge in [-0.25, -0.2) is 0 Å². The van der Waals surface area contributed by atoms with E-state index in [1.807, 2.05) is 6.07 Å². The highest BCUT2D eigenvalue weighted by molar-refractivity contribution is 9.10. The summed E-state index contributed by atoms with van der Waals surface area (Å²) in [4.78, 5) is 2.43. The third kappa shape index (κ3) is 3.37. The first-order valence-electron chi connectivity index (χ1n) is 7.02. The predicted molar refractivity (Wildman–Crippen MR) is 81.9 cm³/mol. The van der Waals surface area contributed by atoms with Crippen molar-refractivity contribution in [1.82, 2.24) is 4.90 Å². The summed E-state index contributed by atoms with van der Waals surface area (Å²) in [6.07, 6.45) is 2.01.